The first-order valence-corrected chi connectivity index (χ1v) is 12.2. The summed E-state index contributed by atoms with van der Waals surface area (Å²) in [5, 5.41) is 5.30. The third-order valence-electron chi connectivity index (χ3n) is 7.11. The monoisotopic (exact) mass is 514 g/mol. The third kappa shape index (κ3) is 3.82. The number of nitrogens with two attached hydrogens (primary N) is 1. The number of primary amides is 1. The van der Waals surface area contributed by atoms with Gasteiger partial charge in [-0.05, 0) is 55.3 Å². The van der Waals surface area contributed by atoms with Gasteiger partial charge in [0.2, 0.25) is 5.91 Å². The Labute approximate surface area is 216 Å². The zero-order valence-corrected chi connectivity index (χ0v) is 20.8. The van der Waals surface area contributed by atoms with Crippen LogP contribution in [0.25, 0.3) is 32.9 Å². The lowest BCUT2D eigenvalue weighted by Crippen LogP contribution is -2.58. The maximum atomic E-state index is 13.4. The summed E-state index contributed by atoms with van der Waals surface area (Å²) < 4.78 is 34.3. The SMILES string of the molecule is Cc1noc(C)c1-c1cc(C(N)=O)c2c3cc(C(=O)N4CC(F)(F)C4)ccc3n(Cc3ccccc3)c2c1. The predicted octanol–water partition coefficient (Wildman–Crippen LogP) is 5.30. The summed E-state index contributed by atoms with van der Waals surface area (Å²) in [6.07, 6.45) is 0. The van der Waals surface area contributed by atoms with Gasteiger partial charge >= 0.3 is 0 Å². The molecular weight excluding hydrogens is 490 g/mol. The van der Waals surface area contributed by atoms with Crippen molar-refractivity contribution in [3.8, 4) is 11.1 Å². The standard InChI is InChI=1S/C29H24F2N4O3/c1-16-25(17(2)38-33-16)20-11-22(27(32)36)26-21-10-19(28(37)34-14-29(30,31)15-34)8-9-23(21)35(24(26)12-20)13-18-6-4-3-5-7-18/h3-12H,13-15H2,1-2H3,(H2,32,36). The van der Waals surface area contributed by atoms with Gasteiger partial charge in [0.05, 0.1) is 24.3 Å². The minimum Gasteiger partial charge on any atom is -0.366 e. The van der Waals surface area contributed by atoms with Crippen molar-refractivity contribution in [1.82, 2.24) is 14.6 Å². The molecule has 6 rings (SSSR count). The third-order valence-corrected chi connectivity index (χ3v) is 7.11. The van der Waals surface area contributed by atoms with Crippen LogP contribution in [-0.2, 0) is 6.54 Å². The minimum absolute atomic E-state index is 0.275. The van der Waals surface area contributed by atoms with E-state index in [1.807, 2.05) is 43.3 Å². The molecule has 38 heavy (non-hydrogen) atoms. The topological polar surface area (TPSA) is 94.4 Å². The fraction of sp³-hybridized carbons (Fsp3) is 0.207. The Morgan fingerprint density at radius 2 is 1.76 bits per heavy atom. The van der Waals surface area contributed by atoms with Crippen molar-refractivity contribution >= 4 is 33.6 Å². The molecule has 5 aromatic rings. The van der Waals surface area contributed by atoms with Gasteiger partial charge in [0, 0.05) is 39.5 Å². The number of nitrogens with zero attached hydrogens (tertiary/aromatic N) is 3. The molecule has 0 saturated carbocycles. The molecule has 0 atom stereocenters. The number of aromatic nitrogens is 2. The molecule has 1 aliphatic rings. The van der Waals surface area contributed by atoms with Crippen LogP contribution in [0.1, 0.15) is 37.7 Å². The second-order valence-corrected chi connectivity index (χ2v) is 9.80. The number of amides is 2. The summed E-state index contributed by atoms with van der Waals surface area (Å²) in [5.41, 5.74) is 11.2. The van der Waals surface area contributed by atoms with Crippen LogP contribution in [0.4, 0.5) is 8.78 Å². The molecule has 0 bridgehead atoms. The predicted molar refractivity (Wildman–Crippen MR) is 139 cm³/mol. The molecule has 7 nitrogen and oxygen atoms in total. The van der Waals surface area contributed by atoms with Gasteiger partial charge in [0.15, 0.2) is 0 Å². The van der Waals surface area contributed by atoms with Crippen molar-refractivity contribution in [3.05, 3.63) is 88.8 Å². The van der Waals surface area contributed by atoms with E-state index < -0.39 is 30.8 Å². The summed E-state index contributed by atoms with van der Waals surface area (Å²) in [6, 6.07) is 18.6. The molecule has 192 valence electrons. The number of carbonyl (C=O) groups excluding carboxylic acids is 2. The van der Waals surface area contributed by atoms with E-state index in [2.05, 4.69) is 9.72 Å². The van der Waals surface area contributed by atoms with E-state index in [0.29, 0.717) is 28.8 Å². The van der Waals surface area contributed by atoms with Crippen LogP contribution >= 0.6 is 0 Å². The van der Waals surface area contributed by atoms with E-state index in [9.17, 15) is 18.4 Å². The van der Waals surface area contributed by atoms with E-state index in [0.717, 1.165) is 32.6 Å². The average molecular weight is 515 g/mol. The molecule has 2 amide bonds. The minimum atomic E-state index is -2.86. The number of hydrogen-bond donors (Lipinski definition) is 1. The second kappa shape index (κ2) is 8.51. The number of hydrogen-bond acceptors (Lipinski definition) is 4. The zero-order chi connectivity index (χ0) is 26.8. The van der Waals surface area contributed by atoms with Crippen LogP contribution in [0, 0.1) is 13.8 Å². The molecule has 9 heteroatoms. The van der Waals surface area contributed by atoms with Crippen LogP contribution in [0.2, 0.25) is 0 Å². The van der Waals surface area contributed by atoms with E-state index in [4.69, 9.17) is 10.3 Å². The fourth-order valence-corrected chi connectivity index (χ4v) is 5.37. The number of alkyl halides is 2. The van der Waals surface area contributed by atoms with Gasteiger partial charge in [-0.1, -0.05) is 35.5 Å². The van der Waals surface area contributed by atoms with Crippen molar-refractivity contribution in [1.29, 1.82) is 0 Å². The Kier molecular flexibility index (Phi) is 5.34. The molecule has 0 unspecified atom stereocenters. The van der Waals surface area contributed by atoms with Crippen LogP contribution in [-0.4, -0.2) is 45.5 Å². The van der Waals surface area contributed by atoms with Crippen LogP contribution in [0.5, 0.6) is 0 Å². The highest BCUT2D eigenvalue weighted by molar-refractivity contribution is 6.20. The van der Waals surface area contributed by atoms with E-state index in [1.165, 1.54) is 0 Å². The van der Waals surface area contributed by atoms with Crippen molar-refractivity contribution in [3.63, 3.8) is 0 Å². The Bertz CT molecular complexity index is 1730. The van der Waals surface area contributed by atoms with Crippen molar-refractivity contribution in [2.45, 2.75) is 26.3 Å². The maximum absolute atomic E-state index is 13.4. The van der Waals surface area contributed by atoms with Crippen molar-refractivity contribution in [2.75, 3.05) is 13.1 Å². The molecule has 0 spiro atoms. The first kappa shape index (κ1) is 23.8. The Balaban J connectivity index is 1.62. The smallest absolute Gasteiger partial charge is 0.282 e. The quantitative estimate of drug-likeness (QED) is 0.344. The van der Waals surface area contributed by atoms with Crippen LogP contribution in [0.15, 0.2) is 65.2 Å². The lowest BCUT2D eigenvalue weighted by Gasteiger charge is -2.38. The first-order valence-electron chi connectivity index (χ1n) is 12.2. The molecule has 0 radical (unpaired) electrons. The summed E-state index contributed by atoms with van der Waals surface area (Å²) in [6.45, 7) is 2.92. The Morgan fingerprint density at radius 1 is 1.03 bits per heavy atom. The summed E-state index contributed by atoms with van der Waals surface area (Å²) >= 11 is 0. The fourth-order valence-electron chi connectivity index (χ4n) is 5.37. The molecule has 1 fully saturated rings. The normalized spacial score (nSPS) is 14.7. The van der Waals surface area contributed by atoms with Gasteiger partial charge < -0.3 is 19.7 Å². The van der Waals surface area contributed by atoms with Crippen LogP contribution in [0.3, 0.4) is 0 Å². The largest absolute Gasteiger partial charge is 0.366 e. The van der Waals surface area contributed by atoms with Crippen molar-refractivity contribution < 1.29 is 22.9 Å². The summed E-state index contributed by atoms with van der Waals surface area (Å²) in [5.74, 6) is -3.35. The van der Waals surface area contributed by atoms with Gasteiger partial charge in [-0.3, -0.25) is 9.59 Å². The van der Waals surface area contributed by atoms with E-state index >= 15 is 0 Å². The highest BCUT2D eigenvalue weighted by Crippen LogP contribution is 2.38. The summed E-state index contributed by atoms with van der Waals surface area (Å²) in [4.78, 5) is 26.9. The number of likely N-dealkylation sites (tertiary alicyclic amines) is 1. The Morgan fingerprint density at radius 3 is 2.39 bits per heavy atom. The van der Waals surface area contributed by atoms with Gasteiger partial charge in [-0.2, -0.15) is 0 Å². The number of benzene rings is 3. The summed E-state index contributed by atoms with van der Waals surface area (Å²) in [7, 11) is 0. The van der Waals surface area contributed by atoms with E-state index in [-0.39, 0.29) is 11.1 Å². The number of carbonyl (C=O) groups is 2. The average Bonchev–Trinajstić information content (AvgIpc) is 3.37. The number of fused-ring (bicyclic) bond motifs is 3. The van der Waals surface area contributed by atoms with Gasteiger partial charge in [-0.15, -0.1) is 0 Å². The second-order valence-electron chi connectivity index (χ2n) is 9.80. The van der Waals surface area contributed by atoms with Gasteiger partial charge in [-0.25, -0.2) is 8.78 Å². The molecule has 3 aromatic carbocycles. The van der Waals surface area contributed by atoms with Gasteiger partial charge in [0.25, 0.3) is 11.8 Å². The van der Waals surface area contributed by atoms with Crippen LogP contribution < -0.4 is 5.73 Å². The number of aryl methyl sites for hydroxylation is 2. The van der Waals surface area contributed by atoms with Crippen molar-refractivity contribution in [2.24, 2.45) is 5.73 Å². The molecule has 1 aliphatic heterocycles. The molecule has 1 saturated heterocycles. The first-order chi connectivity index (χ1) is 18.1. The number of halogens is 2. The molecule has 2 N–H and O–H groups in total. The zero-order valence-electron chi connectivity index (χ0n) is 20.8. The van der Waals surface area contributed by atoms with E-state index in [1.54, 1.807) is 31.2 Å². The highest BCUT2D eigenvalue weighted by Gasteiger charge is 2.46. The molecule has 3 heterocycles. The highest BCUT2D eigenvalue weighted by atomic mass is 19.3. The lowest BCUT2D eigenvalue weighted by molar-refractivity contribution is -0.113. The maximum Gasteiger partial charge on any atom is 0.282 e. The lowest BCUT2D eigenvalue weighted by atomic mass is 9.96. The Hall–Kier alpha value is -4.53. The molecule has 2 aromatic heterocycles. The molecule has 0 aliphatic carbocycles. The molecular formula is C29H24F2N4O3. The van der Waals surface area contributed by atoms with Gasteiger partial charge in [0.1, 0.15) is 5.76 Å². The number of rotatable bonds is 5.